The number of piperidine rings is 1. The molecule has 3 heterocycles. The predicted octanol–water partition coefficient (Wildman–Crippen LogP) is 4.05. The first-order valence-corrected chi connectivity index (χ1v) is 9.95. The third-order valence-corrected chi connectivity index (χ3v) is 5.45. The molecule has 0 bridgehead atoms. The predicted molar refractivity (Wildman–Crippen MR) is 117 cm³/mol. The minimum atomic E-state index is -0.101. The van der Waals surface area contributed by atoms with Crippen molar-refractivity contribution in [2.45, 2.75) is 33.1 Å². The van der Waals surface area contributed by atoms with Crippen LogP contribution in [0, 0.1) is 19.8 Å². The molecule has 7 heteroatoms. The minimum Gasteiger partial charge on any atom is -0.352 e. The number of hydrogen-bond acceptors (Lipinski definition) is 5. The van der Waals surface area contributed by atoms with Crippen LogP contribution in [-0.4, -0.2) is 35.7 Å². The van der Waals surface area contributed by atoms with Gasteiger partial charge < -0.3 is 15.2 Å². The maximum atomic E-state index is 13.0. The number of nitrogens with zero attached hydrogens (tertiary/aromatic N) is 2. The second-order valence-corrected chi connectivity index (χ2v) is 7.63. The van der Waals surface area contributed by atoms with Crippen LogP contribution < -0.4 is 10.6 Å². The molecule has 0 saturated carbocycles. The normalized spacial score (nSPS) is 16.4. The average molecular weight is 415 g/mol. The number of aromatic nitrogens is 2. The van der Waals surface area contributed by atoms with Crippen LogP contribution >= 0.6 is 12.4 Å². The van der Waals surface area contributed by atoms with Gasteiger partial charge in [-0.1, -0.05) is 35.0 Å². The molecule has 1 fully saturated rings. The Morgan fingerprint density at radius 2 is 2.07 bits per heavy atom. The van der Waals surface area contributed by atoms with Gasteiger partial charge in [0.2, 0.25) is 0 Å². The number of rotatable bonds is 5. The fourth-order valence-corrected chi connectivity index (χ4v) is 3.80. The van der Waals surface area contributed by atoms with Gasteiger partial charge in [-0.2, -0.15) is 0 Å². The van der Waals surface area contributed by atoms with Crippen LogP contribution in [0.25, 0.3) is 22.4 Å². The zero-order chi connectivity index (χ0) is 19.5. The van der Waals surface area contributed by atoms with E-state index < -0.39 is 0 Å². The van der Waals surface area contributed by atoms with Crippen LogP contribution in [-0.2, 0) is 0 Å². The Morgan fingerprint density at radius 3 is 2.79 bits per heavy atom. The molecule has 1 aliphatic rings. The number of amides is 1. The Hall–Kier alpha value is -2.44. The lowest BCUT2D eigenvalue weighted by Crippen LogP contribution is -2.33. The lowest BCUT2D eigenvalue weighted by molar-refractivity contribution is 0.0952. The van der Waals surface area contributed by atoms with Gasteiger partial charge in [0.15, 0.2) is 0 Å². The first-order valence-electron chi connectivity index (χ1n) is 9.95. The van der Waals surface area contributed by atoms with E-state index in [4.69, 9.17) is 4.52 Å². The molecule has 2 N–H and O–H groups in total. The largest absolute Gasteiger partial charge is 0.352 e. The molecule has 154 valence electrons. The zero-order valence-corrected chi connectivity index (χ0v) is 17.6. The molecule has 3 aromatic rings. The third-order valence-electron chi connectivity index (χ3n) is 5.45. The standard InChI is InChI=1S/C22H26N4O2.ClH/c1-14-5-7-17(8-6-14)19-12-18(20-15(2)26-28-22(20)25-19)21(27)24-11-9-16-4-3-10-23-13-16;/h5-8,12,16,23H,3-4,9-11,13H2,1-2H3,(H,24,27);1H. The number of carbonyl (C=O) groups excluding carboxylic acids is 1. The second kappa shape index (κ2) is 9.37. The number of carbonyl (C=O) groups is 1. The molecule has 1 amide bonds. The number of halogens is 1. The first-order chi connectivity index (χ1) is 13.6. The van der Waals surface area contributed by atoms with E-state index in [1.54, 1.807) is 0 Å². The van der Waals surface area contributed by atoms with Crippen molar-refractivity contribution in [2.75, 3.05) is 19.6 Å². The Labute approximate surface area is 176 Å². The molecule has 4 rings (SSSR count). The van der Waals surface area contributed by atoms with Gasteiger partial charge in [0, 0.05) is 12.1 Å². The van der Waals surface area contributed by atoms with E-state index in [1.165, 1.54) is 18.4 Å². The summed E-state index contributed by atoms with van der Waals surface area (Å²) in [6.07, 6.45) is 3.43. The number of fused-ring (bicyclic) bond motifs is 1. The van der Waals surface area contributed by atoms with Crippen molar-refractivity contribution in [1.29, 1.82) is 0 Å². The van der Waals surface area contributed by atoms with Gasteiger partial charge in [-0.25, -0.2) is 4.98 Å². The van der Waals surface area contributed by atoms with Crippen LogP contribution in [0.2, 0.25) is 0 Å². The summed E-state index contributed by atoms with van der Waals surface area (Å²) in [5.74, 6) is 0.530. The van der Waals surface area contributed by atoms with Gasteiger partial charge in [0.05, 0.1) is 22.3 Å². The molecule has 1 saturated heterocycles. The highest BCUT2D eigenvalue weighted by molar-refractivity contribution is 6.07. The third kappa shape index (κ3) is 4.77. The Kier molecular flexibility index (Phi) is 6.87. The summed E-state index contributed by atoms with van der Waals surface area (Å²) in [7, 11) is 0. The van der Waals surface area contributed by atoms with Crippen molar-refractivity contribution in [3.05, 3.63) is 47.2 Å². The maximum absolute atomic E-state index is 13.0. The van der Waals surface area contributed by atoms with Gasteiger partial charge in [-0.3, -0.25) is 4.79 Å². The molecular formula is C22H27ClN4O2. The van der Waals surface area contributed by atoms with Gasteiger partial charge in [0.1, 0.15) is 0 Å². The van der Waals surface area contributed by atoms with E-state index in [9.17, 15) is 4.79 Å². The van der Waals surface area contributed by atoms with Crippen LogP contribution in [0.1, 0.15) is 40.9 Å². The molecule has 1 unspecified atom stereocenters. The summed E-state index contributed by atoms with van der Waals surface area (Å²) in [5, 5.41) is 11.2. The molecule has 1 aromatic carbocycles. The molecule has 2 aromatic heterocycles. The van der Waals surface area contributed by atoms with Crippen LogP contribution in [0.5, 0.6) is 0 Å². The van der Waals surface area contributed by atoms with E-state index in [0.717, 1.165) is 25.1 Å². The molecule has 1 aliphatic heterocycles. The van der Waals surface area contributed by atoms with Crippen molar-refractivity contribution >= 4 is 29.4 Å². The Bertz CT molecular complexity index is 978. The van der Waals surface area contributed by atoms with Crippen LogP contribution in [0.3, 0.4) is 0 Å². The fourth-order valence-electron chi connectivity index (χ4n) is 3.80. The summed E-state index contributed by atoms with van der Waals surface area (Å²) < 4.78 is 5.38. The van der Waals surface area contributed by atoms with Crippen LogP contribution in [0.15, 0.2) is 34.9 Å². The van der Waals surface area contributed by atoms with E-state index in [-0.39, 0.29) is 18.3 Å². The second-order valence-electron chi connectivity index (χ2n) is 7.63. The number of pyridine rings is 1. The molecule has 1 atom stereocenters. The highest BCUT2D eigenvalue weighted by atomic mass is 35.5. The SMILES string of the molecule is Cc1ccc(-c2cc(C(=O)NCCC3CCCNC3)c3c(C)noc3n2)cc1.Cl. The number of nitrogens with one attached hydrogen (secondary N) is 2. The number of benzene rings is 1. The highest BCUT2D eigenvalue weighted by Gasteiger charge is 2.20. The van der Waals surface area contributed by atoms with Crippen molar-refractivity contribution < 1.29 is 9.32 Å². The molecule has 0 spiro atoms. The molecule has 0 radical (unpaired) electrons. The molecular weight excluding hydrogens is 388 g/mol. The summed E-state index contributed by atoms with van der Waals surface area (Å²) in [5.41, 5.74) is 4.49. The number of aryl methyl sites for hydroxylation is 2. The van der Waals surface area contributed by atoms with Crippen molar-refractivity contribution in [1.82, 2.24) is 20.8 Å². The van der Waals surface area contributed by atoms with Crippen LogP contribution in [0.4, 0.5) is 0 Å². The summed E-state index contributed by atoms with van der Waals surface area (Å²) >= 11 is 0. The smallest absolute Gasteiger partial charge is 0.259 e. The first kappa shape index (κ1) is 21.3. The average Bonchev–Trinajstić information content (AvgIpc) is 3.09. The van der Waals surface area contributed by atoms with E-state index >= 15 is 0 Å². The Morgan fingerprint density at radius 1 is 1.28 bits per heavy atom. The van der Waals surface area contributed by atoms with E-state index in [0.29, 0.717) is 40.5 Å². The molecule has 6 nitrogen and oxygen atoms in total. The monoisotopic (exact) mass is 414 g/mol. The number of hydrogen-bond donors (Lipinski definition) is 2. The zero-order valence-electron chi connectivity index (χ0n) is 16.8. The van der Waals surface area contributed by atoms with Crippen molar-refractivity contribution in [3.8, 4) is 11.3 Å². The minimum absolute atomic E-state index is 0. The summed E-state index contributed by atoms with van der Waals surface area (Å²) in [6.45, 7) is 6.69. The quantitative estimate of drug-likeness (QED) is 0.658. The maximum Gasteiger partial charge on any atom is 0.259 e. The van der Waals surface area contributed by atoms with Gasteiger partial charge in [0.25, 0.3) is 11.6 Å². The lowest BCUT2D eigenvalue weighted by Gasteiger charge is -2.22. The molecule has 29 heavy (non-hydrogen) atoms. The van der Waals surface area contributed by atoms with Crippen molar-refractivity contribution in [2.24, 2.45) is 5.92 Å². The van der Waals surface area contributed by atoms with Crippen molar-refractivity contribution in [3.63, 3.8) is 0 Å². The van der Waals surface area contributed by atoms with E-state index in [2.05, 4.69) is 20.8 Å². The lowest BCUT2D eigenvalue weighted by atomic mass is 9.96. The fraction of sp³-hybridized carbons (Fsp3) is 0.409. The van der Waals surface area contributed by atoms with E-state index in [1.807, 2.05) is 44.2 Å². The summed E-state index contributed by atoms with van der Waals surface area (Å²) in [4.78, 5) is 17.5. The highest BCUT2D eigenvalue weighted by Crippen LogP contribution is 2.27. The molecule has 0 aliphatic carbocycles. The van der Waals surface area contributed by atoms with Gasteiger partial charge in [-0.15, -0.1) is 12.4 Å². The van der Waals surface area contributed by atoms with Gasteiger partial charge >= 0.3 is 0 Å². The Balaban J connectivity index is 0.00000240. The summed E-state index contributed by atoms with van der Waals surface area (Å²) in [6, 6.07) is 9.92. The van der Waals surface area contributed by atoms with Gasteiger partial charge in [-0.05, 0) is 58.2 Å². The topological polar surface area (TPSA) is 80.0 Å².